The van der Waals surface area contributed by atoms with E-state index in [-0.39, 0.29) is 0 Å². The fourth-order valence-electron chi connectivity index (χ4n) is 1.93. The van der Waals surface area contributed by atoms with E-state index in [0.717, 1.165) is 6.61 Å². The summed E-state index contributed by atoms with van der Waals surface area (Å²) >= 11 is 0. The van der Waals surface area contributed by atoms with Crippen molar-refractivity contribution in [3.63, 3.8) is 0 Å². The van der Waals surface area contributed by atoms with Gasteiger partial charge in [0.2, 0.25) is 0 Å². The van der Waals surface area contributed by atoms with E-state index in [2.05, 4.69) is 30.3 Å². The summed E-state index contributed by atoms with van der Waals surface area (Å²) in [7, 11) is 1.78. The second-order valence-corrected chi connectivity index (χ2v) is 4.35. The summed E-state index contributed by atoms with van der Waals surface area (Å²) < 4.78 is 5.03. The number of ether oxygens (including phenoxy) is 1. The molecule has 0 N–H and O–H groups in total. The van der Waals surface area contributed by atoms with E-state index in [9.17, 15) is 0 Å². The van der Waals surface area contributed by atoms with Crippen LogP contribution in [0.3, 0.4) is 0 Å². The molecule has 0 spiro atoms. The van der Waals surface area contributed by atoms with Crippen LogP contribution in [-0.2, 0) is 11.2 Å². The standard InChI is InChI=1S/C15H24O/c1-16-14-10-5-3-2-4-7-11-15-12-8-6-9-13-15/h6,8-9,12-13H,2-5,7,10-11,14H2,1H3. The Balaban J connectivity index is 1.89. The average molecular weight is 220 g/mol. The van der Waals surface area contributed by atoms with Crippen molar-refractivity contribution in [2.24, 2.45) is 0 Å². The Labute approximate surface area is 99.8 Å². The number of hydrogen-bond donors (Lipinski definition) is 0. The fourth-order valence-corrected chi connectivity index (χ4v) is 1.93. The molecule has 0 aliphatic carbocycles. The maximum atomic E-state index is 5.03. The fraction of sp³-hybridized carbons (Fsp3) is 0.600. The van der Waals surface area contributed by atoms with Gasteiger partial charge in [0, 0.05) is 13.7 Å². The largest absolute Gasteiger partial charge is 0.385 e. The van der Waals surface area contributed by atoms with E-state index in [4.69, 9.17) is 4.74 Å². The van der Waals surface area contributed by atoms with Crippen molar-refractivity contribution < 1.29 is 4.74 Å². The highest BCUT2D eigenvalue weighted by molar-refractivity contribution is 5.14. The zero-order chi connectivity index (χ0) is 11.5. The van der Waals surface area contributed by atoms with E-state index < -0.39 is 0 Å². The first-order chi connectivity index (χ1) is 7.93. The van der Waals surface area contributed by atoms with Crippen molar-refractivity contribution in [1.82, 2.24) is 0 Å². The molecule has 0 aliphatic heterocycles. The van der Waals surface area contributed by atoms with E-state index in [0.29, 0.717) is 0 Å². The molecule has 0 aliphatic rings. The molecule has 0 atom stereocenters. The van der Waals surface area contributed by atoms with Crippen LogP contribution in [0.2, 0.25) is 0 Å². The minimum atomic E-state index is 0.921. The smallest absolute Gasteiger partial charge is 0.0462 e. The van der Waals surface area contributed by atoms with Crippen LogP contribution in [0, 0.1) is 0 Å². The lowest BCUT2D eigenvalue weighted by molar-refractivity contribution is 0.192. The summed E-state index contributed by atoms with van der Waals surface area (Å²) in [6.07, 6.45) is 9.19. The molecule has 0 heterocycles. The van der Waals surface area contributed by atoms with Crippen molar-refractivity contribution in [2.45, 2.75) is 44.9 Å². The predicted octanol–water partition coefficient (Wildman–Crippen LogP) is 4.22. The molecule has 1 heteroatoms. The molecular weight excluding hydrogens is 196 g/mol. The lowest BCUT2D eigenvalue weighted by atomic mass is 10.1. The van der Waals surface area contributed by atoms with E-state index in [1.807, 2.05) is 0 Å². The van der Waals surface area contributed by atoms with Crippen molar-refractivity contribution in [2.75, 3.05) is 13.7 Å². The average Bonchev–Trinajstić information content (AvgIpc) is 2.34. The van der Waals surface area contributed by atoms with Crippen LogP contribution in [0.5, 0.6) is 0 Å². The van der Waals surface area contributed by atoms with E-state index >= 15 is 0 Å². The number of methoxy groups -OCH3 is 1. The lowest BCUT2D eigenvalue weighted by Crippen LogP contribution is -1.89. The van der Waals surface area contributed by atoms with Gasteiger partial charge in [-0.25, -0.2) is 0 Å². The molecule has 0 fully saturated rings. The highest BCUT2D eigenvalue weighted by atomic mass is 16.5. The van der Waals surface area contributed by atoms with Gasteiger partial charge in [0.05, 0.1) is 0 Å². The maximum Gasteiger partial charge on any atom is 0.0462 e. The first-order valence-electron chi connectivity index (χ1n) is 6.46. The number of rotatable bonds is 9. The Morgan fingerprint density at radius 1 is 0.812 bits per heavy atom. The van der Waals surface area contributed by atoms with Gasteiger partial charge in [0.25, 0.3) is 0 Å². The predicted molar refractivity (Wildman–Crippen MR) is 69.7 cm³/mol. The Kier molecular flexibility index (Phi) is 7.79. The molecule has 1 nitrogen and oxygen atoms in total. The summed E-state index contributed by atoms with van der Waals surface area (Å²) in [5, 5.41) is 0. The Bertz CT molecular complexity index is 243. The monoisotopic (exact) mass is 220 g/mol. The van der Waals surface area contributed by atoms with Crippen LogP contribution >= 0.6 is 0 Å². The second kappa shape index (κ2) is 9.41. The van der Waals surface area contributed by atoms with Crippen molar-refractivity contribution >= 4 is 0 Å². The number of hydrogen-bond acceptors (Lipinski definition) is 1. The SMILES string of the molecule is COCCCCCCCCc1ccccc1. The molecule has 0 amide bonds. The molecule has 1 aromatic carbocycles. The van der Waals surface area contributed by atoms with Gasteiger partial charge in [0.15, 0.2) is 0 Å². The second-order valence-electron chi connectivity index (χ2n) is 4.35. The van der Waals surface area contributed by atoms with Crippen LogP contribution in [0.1, 0.15) is 44.1 Å². The minimum Gasteiger partial charge on any atom is -0.385 e. The molecule has 16 heavy (non-hydrogen) atoms. The summed E-state index contributed by atoms with van der Waals surface area (Å²) in [6, 6.07) is 10.8. The summed E-state index contributed by atoms with van der Waals surface area (Å²) in [6.45, 7) is 0.921. The van der Waals surface area contributed by atoms with Gasteiger partial charge in [0.1, 0.15) is 0 Å². The van der Waals surface area contributed by atoms with Gasteiger partial charge >= 0.3 is 0 Å². The van der Waals surface area contributed by atoms with Gasteiger partial charge in [-0.2, -0.15) is 0 Å². The highest BCUT2D eigenvalue weighted by Crippen LogP contribution is 2.09. The molecule has 1 aromatic rings. The van der Waals surface area contributed by atoms with E-state index in [1.165, 1.54) is 50.5 Å². The topological polar surface area (TPSA) is 9.23 Å². The maximum absolute atomic E-state index is 5.03. The molecule has 0 unspecified atom stereocenters. The third-order valence-corrected chi connectivity index (χ3v) is 2.91. The molecule has 1 rings (SSSR count). The summed E-state index contributed by atoms with van der Waals surface area (Å²) in [4.78, 5) is 0. The van der Waals surface area contributed by atoms with Gasteiger partial charge in [-0.05, 0) is 24.8 Å². The van der Waals surface area contributed by atoms with Crippen molar-refractivity contribution in [3.8, 4) is 0 Å². The van der Waals surface area contributed by atoms with Crippen molar-refractivity contribution in [1.29, 1.82) is 0 Å². The molecule has 0 aromatic heterocycles. The minimum absolute atomic E-state index is 0.921. The third kappa shape index (κ3) is 6.62. The molecule has 0 radical (unpaired) electrons. The highest BCUT2D eigenvalue weighted by Gasteiger charge is 1.93. The molecular formula is C15H24O. The van der Waals surface area contributed by atoms with Crippen LogP contribution in [0.25, 0.3) is 0 Å². The first kappa shape index (κ1) is 13.2. The third-order valence-electron chi connectivity index (χ3n) is 2.91. The van der Waals surface area contributed by atoms with Crippen LogP contribution in [0.15, 0.2) is 30.3 Å². The molecule has 0 bridgehead atoms. The van der Waals surface area contributed by atoms with Crippen molar-refractivity contribution in [3.05, 3.63) is 35.9 Å². The number of aryl methyl sites for hydroxylation is 1. The van der Waals surface area contributed by atoms with Gasteiger partial charge in [-0.1, -0.05) is 56.0 Å². The Hall–Kier alpha value is -0.820. The molecule has 0 saturated heterocycles. The van der Waals surface area contributed by atoms with Crippen LogP contribution in [0.4, 0.5) is 0 Å². The van der Waals surface area contributed by atoms with Crippen LogP contribution < -0.4 is 0 Å². The summed E-state index contributed by atoms with van der Waals surface area (Å²) in [5.41, 5.74) is 1.47. The Morgan fingerprint density at radius 2 is 1.44 bits per heavy atom. The quantitative estimate of drug-likeness (QED) is 0.566. The van der Waals surface area contributed by atoms with Gasteiger partial charge < -0.3 is 4.74 Å². The normalized spacial score (nSPS) is 10.6. The zero-order valence-corrected chi connectivity index (χ0v) is 10.5. The number of benzene rings is 1. The molecule has 90 valence electrons. The lowest BCUT2D eigenvalue weighted by Gasteiger charge is -2.02. The number of unbranched alkanes of at least 4 members (excludes halogenated alkanes) is 5. The zero-order valence-electron chi connectivity index (χ0n) is 10.5. The molecule has 0 saturated carbocycles. The van der Waals surface area contributed by atoms with Gasteiger partial charge in [-0.15, -0.1) is 0 Å². The summed E-state index contributed by atoms with van der Waals surface area (Å²) in [5.74, 6) is 0. The first-order valence-corrected chi connectivity index (χ1v) is 6.46. The van der Waals surface area contributed by atoms with Gasteiger partial charge in [-0.3, -0.25) is 0 Å². The Morgan fingerprint density at radius 3 is 2.12 bits per heavy atom. The van der Waals surface area contributed by atoms with E-state index in [1.54, 1.807) is 7.11 Å². The van der Waals surface area contributed by atoms with Crippen LogP contribution in [-0.4, -0.2) is 13.7 Å².